The Bertz CT molecular complexity index is 194. The molecule has 0 bridgehead atoms. The Morgan fingerprint density at radius 1 is 1.67 bits per heavy atom. The first-order valence-corrected chi connectivity index (χ1v) is 4.58. The average molecular weight is 168 g/mol. The summed E-state index contributed by atoms with van der Waals surface area (Å²) in [7, 11) is 0. The lowest BCUT2D eigenvalue weighted by Gasteiger charge is -2.18. The van der Waals surface area contributed by atoms with Crippen molar-refractivity contribution in [2.75, 3.05) is 6.61 Å². The van der Waals surface area contributed by atoms with Gasteiger partial charge in [0.25, 0.3) is 0 Å². The molecule has 1 aliphatic carbocycles. The van der Waals surface area contributed by atoms with Crippen LogP contribution in [0.2, 0.25) is 0 Å². The predicted molar refractivity (Wildman–Crippen MR) is 47.7 cm³/mol. The van der Waals surface area contributed by atoms with Crippen LogP contribution in [0.3, 0.4) is 0 Å². The maximum atomic E-state index is 11.4. The lowest BCUT2D eigenvalue weighted by molar-refractivity contribution is -0.117. The summed E-state index contributed by atoms with van der Waals surface area (Å²) in [6, 6.07) is 0. The van der Waals surface area contributed by atoms with Crippen LogP contribution < -0.4 is 0 Å². The number of carbonyl (C=O) groups excluding carboxylic acids is 1. The summed E-state index contributed by atoms with van der Waals surface area (Å²) in [5.41, 5.74) is 0.870. The molecule has 1 saturated carbocycles. The van der Waals surface area contributed by atoms with Crippen LogP contribution in [0.4, 0.5) is 0 Å². The minimum Gasteiger partial charge on any atom is -0.501 e. The van der Waals surface area contributed by atoms with Gasteiger partial charge >= 0.3 is 0 Å². The van der Waals surface area contributed by atoms with E-state index in [4.69, 9.17) is 4.74 Å². The second-order valence-corrected chi connectivity index (χ2v) is 3.37. The van der Waals surface area contributed by atoms with E-state index in [0.29, 0.717) is 18.9 Å². The molecule has 0 heterocycles. The zero-order chi connectivity index (χ0) is 8.97. The molecular weight excluding hydrogens is 152 g/mol. The average Bonchev–Trinajstić information content (AvgIpc) is 2.03. The van der Waals surface area contributed by atoms with Crippen LogP contribution in [0.1, 0.15) is 33.1 Å². The highest BCUT2D eigenvalue weighted by Gasteiger charge is 2.20. The smallest absolute Gasteiger partial charge is 0.162 e. The topological polar surface area (TPSA) is 26.3 Å². The summed E-state index contributed by atoms with van der Waals surface area (Å²) in [4.78, 5) is 11.4. The molecular formula is C10H16O2. The molecule has 2 heteroatoms. The van der Waals surface area contributed by atoms with Crippen molar-refractivity contribution in [3.05, 3.63) is 11.8 Å². The van der Waals surface area contributed by atoms with Crippen LogP contribution in [0, 0.1) is 5.92 Å². The standard InChI is InChI=1S/C10H16O2/c1-3-12-7-9-5-4-8(2)6-10(9)11/h7-8H,3-6H2,1-2H3/b9-7-. The van der Waals surface area contributed by atoms with Crippen LogP contribution >= 0.6 is 0 Å². The number of ketones is 1. The third kappa shape index (κ3) is 2.36. The van der Waals surface area contributed by atoms with Crippen LogP contribution in [-0.4, -0.2) is 12.4 Å². The van der Waals surface area contributed by atoms with Crippen molar-refractivity contribution < 1.29 is 9.53 Å². The van der Waals surface area contributed by atoms with Crippen LogP contribution in [0.5, 0.6) is 0 Å². The highest BCUT2D eigenvalue weighted by atomic mass is 16.5. The van der Waals surface area contributed by atoms with Gasteiger partial charge in [-0.2, -0.15) is 0 Å². The van der Waals surface area contributed by atoms with Gasteiger partial charge < -0.3 is 4.74 Å². The van der Waals surface area contributed by atoms with E-state index >= 15 is 0 Å². The molecule has 0 aliphatic heterocycles. The van der Waals surface area contributed by atoms with E-state index < -0.39 is 0 Å². The number of carbonyl (C=O) groups is 1. The van der Waals surface area contributed by atoms with E-state index in [9.17, 15) is 4.79 Å². The van der Waals surface area contributed by atoms with Crippen molar-refractivity contribution in [2.45, 2.75) is 33.1 Å². The van der Waals surface area contributed by atoms with E-state index in [1.54, 1.807) is 6.26 Å². The van der Waals surface area contributed by atoms with E-state index in [1.165, 1.54) is 0 Å². The number of rotatable bonds is 2. The number of Topliss-reactive ketones (excluding diaryl/α,β-unsaturated/α-hetero) is 1. The van der Waals surface area contributed by atoms with E-state index in [-0.39, 0.29) is 5.78 Å². The number of hydrogen-bond acceptors (Lipinski definition) is 2. The van der Waals surface area contributed by atoms with Gasteiger partial charge in [-0.3, -0.25) is 4.79 Å². The molecule has 0 radical (unpaired) electrons. The molecule has 68 valence electrons. The SMILES string of the molecule is CCO/C=C1/CCC(C)CC1=O. The van der Waals surface area contributed by atoms with Crippen molar-refractivity contribution in [2.24, 2.45) is 5.92 Å². The summed E-state index contributed by atoms with van der Waals surface area (Å²) in [6.45, 7) is 4.69. The Morgan fingerprint density at radius 2 is 2.42 bits per heavy atom. The first-order valence-electron chi connectivity index (χ1n) is 4.58. The molecule has 1 atom stereocenters. The molecule has 0 spiro atoms. The molecule has 1 rings (SSSR count). The summed E-state index contributed by atoms with van der Waals surface area (Å²) >= 11 is 0. The Balaban J connectivity index is 2.50. The summed E-state index contributed by atoms with van der Waals surface area (Å²) < 4.78 is 5.10. The van der Waals surface area contributed by atoms with Gasteiger partial charge in [-0.1, -0.05) is 6.92 Å². The molecule has 2 nitrogen and oxygen atoms in total. The van der Waals surface area contributed by atoms with Gasteiger partial charge in [0.1, 0.15) is 0 Å². The van der Waals surface area contributed by atoms with Gasteiger partial charge in [-0.15, -0.1) is 0 Å². The number of ether oxygens (including phenoxy) is 1. The van der Waals surface area contributed by atoms with Crippen LogP contribution in [-0.2, 0) is 9.53 Å². The quantitative estimate of drug-likeness (QED) is 0.467. The number of hydrogen-bond donors (Lipinski definition) is 0. The van der Waals surface area contributed by atoms with Gasteiger partial charge in [-0.25, -0.2) is 0 Å². The molecule has 0 aromatic heterocycles. The normalized spacial score (nSPS) is 27.7. The Morgan fingerprint density at radius 3 is 3.00 bits per heavy atom. The summed E-state index contributed by atoms with van der Waals surface area (Å²) in [5, 5.41) is 0. The second-order valence-electron chi connectivity index (χ2n) is 3.37. The number of allylic oxidation sites excluding steroid dienone is 1. The molecule has 0 aromatic carbocycles. The second kappa shape index (κ2) is 4.29. The molecule has 1 unspecified atom stereocenters. The van der Waals surface area contributed by atoms with Gasteiger partial charge in [-0.05, 0) is 25.7 Å². The third-order valence-electron chi connectivity index (χ3n) is 2.19. The zero-order valence-corrected chi connectivity index (χ0v) is 7.80. The molecule has 1 fully saturated rings. The van der Waals surface area contributed by atoms with E-state index in [0.717, 1.165) is 18.4 Å². The first kappa shape index (κ1) is 9.30. The highest BCUT2D eigenvalue weighted by Crippen LogP contribution is 2.24. The van der Waals surface area contributed by atoms with E-state index in [2.05, 4.69) is 6.92 Å². The fraction of sp³-hybridized carbons (Fsp3) is 0.700. The molecule has 12 heavy (non-hydrogen) atoms. The zero-order valence-electron chi connectivity index (χ0n) is 7.80. The summed E-state index contributed by atoms with van der Waals surface area (Å²) in [5.74, 6) is 0.818. The third-order valence-corrected chi connectivity index (χ3v) is 2.19. The fourth-order valence-electron chi connectivity index (χ4n) is 1.40. The van der Waals surface area contributed by atoms with Crippen molar-refractivity contribution >= 4 is 5.78 Å². The van der Waals surface area contributed by atoms with Gasteiger partial charge in [0.2, 0.25) is 0 Å². The minimum atomic E-state index is 0.266. The maximum Gasteiger partial charge on any atom is 0.162 e. The van der Waals surface area contributed by atoms with Crippen LogP contribution in [0.15, 0.2) is 11.8 Å². The molecule has 0 aromatic rings. The van der Waals surface area contributed by atoms with Gasteiger partial charge in [0.15, 0.2) is 5.78 Å². The molecule has 1 aliphatic rings. The lowest BCUT2D eigenvalue weighted by atomic mass is 9.87. The summed E-state index contributed by atoms with van der Waals surface area (Å²) in [6.07, 6.45) is 4.33. The van der Waals surface area contributed by atoms with E-state index in [1.807, 2.05) is 6.92 Å². The van der Waals surface area contributed by atoms with Crippen molar-refractivity contribution in [3.8, 4) is 0 Å². The first-order chi connectivity index (χ1) is 5.74. The Kier molecular flexibility index (Phi) is 3.32. The maximum absolute atomic E-state index is 11.4. The van der Waals surface area contributed by atoms with Crippen LogP contribution in [0.25, 0.3) is 0 Å². The van der Waals surface area contributed by atoms with Gasteiger partial charge in [0.05, 0.1) is 12.9 Å². The Hall–Kier alpha value is -0.790. The van der Waals surface area contributed by atoms with Gasteiger partial charge in [0, 0.05) is 12.0 Å². The van der Waals surface area contributed by atoms with Crippen molar-refractivity contribution in [1.29, 1.82) is 0 Å². The monoisotopic (exact) mass is 168 g/mol. The molecule has 0 amide bonds. The predicted octanol–water partition coefficient (Wildman–Crippen LogP) is 2.30. The minimum absolute atomic E-state index is 0.266. The molecule has 0 saturated heterocycles. The molecule has 0 N–H and O–H groups in total. The van der Waals surface area contributed by atoms with Crippen molar-refractivity contribution in [3.63, 3.8) is 0 Å². The Labute approximate surface area is 73.6 Å². The largest absolute Gasteiger partial charge is 0.501 e. The van der Waals surface area contributed by atoms with Crippen molar-refractivity contribution in [1.82, 2.24) is 0 Å². The fourth-order valence-corrected chi connectivity index (χ4v) is 1.40. The highest BCUT2D eigenvalue weighted by molar-refractivity contribution is 5.95. The lowest BCUT2D eigenvalue weighted by Crippen LogP contribution is -2.15.